The number of amides is 1. The maximum atomic E-state index is 14.5. The molecular weight excluding hydrogens is 654 g/mol. The molecule has 8 nitrogen and oxygen atoms in total. The minimum atomic E-state index is -3.87. The monoisotopic (exact) mass is 684 g/mol. The predicted molar refractivity (Wildman–Crippen MR) is 175 cm³/mol. The van der Waals surface area contributed by atoms with Gasteiger partial charge in [-0.3, -0.25) is 4.79 Å². The Morgan fingerprint density at radius 2 is 1.72 bits per heavy atom. The summed E-state index contributed by atoms with van der Waals surface area (Å²) in [6, 6.07) is 25.4. The van der Waals surface area contributed by atoms with Gasteiger partial charge in [-0.1, -0.05) is 65.7 Å². The molecule has 0 radical (unpaired) electrons. The average Bonchev–Trinajstić information content (AvgIpc) is 3.45. The summed E-state index contributed by atoms with van der Waals surface area (Å²) in [5.74, 6) is -1.00. The van der Waals surface area contributed by atoms with Gasteiger partial charge < -0.3 is 19.9 Å². The van der Waals surface area contributed by atoms with Gasteiger partial charge >= 0.3 is 0 Å². The number of aliphatic imine (C=N–C) groups is 1. The second-order valence-electron chi connectivity index (χ2n) is 10.6. The molecule has 0 saturated carbocycles. The molecule has 0 aromatic heterocycles. The molecule has 12 heteroatoms. The van der Waals surface area contributed by atoms with Crippen LogP contribution in [-0.2, 0) is 25.9 Å². The molecule has 4 aromatic carbocycles. The van der Waals surface area contributed by atoms with Crippen LogP contribution in [0.4, 0.5) is 4.39 Å². The first-order valence-corrected chi connectivity index (χ1v) is 16.9. The number of rotatable bonds is 13. The molecule has 0 aliphatic carbocycles. The van der Waals surface area contributed by atoms with E-state index in [2.05, 4.69) is 5.32 Å². The molecular formula is C34H31Cl2FN2O6S. The molecule has 46 heavy (non-hydrogen) atoms. The maximum absolute atomic E-state index is 14.5. The number of aliphatic hydroxyl groups excluding tert-OH is 1. The summed E-state index contributed by atoms with van der Waals surface area (Å²) in [5.41, 5.74) is -0.731. The van der Waals surface area contributed by atoms with Gasteiger partial charge in [-0.2, -0.15) is 0 Å². The van der Waals surface area contributed by atoms with Crippen molar-refractivity contribution >= 4 is 44.8 Å². The normalized spacial score (nSPS) is 17.7. The van der Waals surface area contributed by atoms with E-state index in [1.807, 2.05) is 0 Å². The number of benzene rings is 4. The number of hydrogen-bond donors (Lipinski definition) is 2. The highest BCUT2D eigenvalue weighted by molar-refractivity contribution is 7.91. The fourth-order valence-corrected chi connectivity index (χ4v) is 6.96. The minimum absolute atomic E-state index is 0.00156. The summed E-state index contributed by atoms with van der Waals surface area (Å²) in [6.07, 6.45) is -0.986. The molecule has 0 unspecified atom stereocenters. The summed E-state index contributed by atoms with van der Waals surface area (Å²) >= 11 is 12.8. The van der Waals surface area contributed by atoms with Crippen molar-refractivity contribution < 1.29 is 32.2 Å². The number of hydrogen-bond acceptors (Lipinski definition) is 7. The summed E-state index contributed by atoms with van der Waals surface area (Å²) in [4.78, 5) is 19.2. The van der Waals surface area contributed by atoms with Crippen molar-refractivity contribution in [2.75, 3.05) is 19.0 Å². The standard InChI is InChI=1S/C34H31Cl2FN2O6S/c35-25-13-16-28(29(36)21-25)31-34(17-20-46(42,43)27-8-2-1-3-9-27,33(41)38-22-24-7-4-5-10-30(24)37)39-32(45-31)23-11-14-26(15-12-23)44-19-6-18-40/h1-5,7-16,21,31,40H,6,17-20,22H2,(H,38,41)/t31-,34-/m1/s1. The zero-order valence-corrected chi connectivity index (χ0v) is 26.9. The third-order valence-corrected chi connectivity index (χ3v) is 9.82. The Morgan fingerprint density at radius 3 is 2.41 bits per heavy atom. The molecule has 4 aromatic rings. The van der Waals surface area contributed by atoms with Crippen LogP contribution in [0.15, 0.2) is 107 Å². The van der Waals surface area contributed by atoms with Gasteiger partial charge in [-0.25, -0.2) is 17.8 Å². The van der Waals surface area contributed by atoms with E-state index in [9.17, 15) is 17.6 Å². The van der Waals surface area contributed by atoms with E-state index in [0.717, 1.165) is 0 Å². The summed E-state index contributed by atoms with van der Waals surface area (Å²) in [7, 11) is -3.87. The first-order valence-electron chi connectivity index (χ1n) is 14.5. The lowest BCUT2D eigenvalue weighted by atomic mass is 9.85. The van der Waals surface area contributed by atoms with E-state index in [4.69, 9.17) is 42.8 Å². The van der Waals surface area contributed by atoms with E-state index >= 15 is 0 Å². The van der Waals surface area contributed by atoms with Gasteiger partial charge in [0.2, 0.25) is 5.90 Å². The molecule has 0 spiro atoms. The molecule has 0 saturated heterocycles. The highest BCUT2D eigenvalue weighted by atomic mass is 35.5. The Hall–Kier alpha value is -3.96. The van der Waals surface area contributed by atoms with Crippen molar-refractivity contribution in [2.24, 2.45) is 4.99 Å². The van der Waals surface area contributed by atoms with E-state index in [-0.39, 0.29) is 41.0 Å². The largest absolute Gasteiger partial charge is 0.494 e. The number of nitrogens with zero attached hydrogens (tertiary/aromatic N) is 1. The molecule has 2 N–H and O–H groups in total. The lowest BCUT2D eigenvalue weighted by Crippen LogP contribution is -2.49. The molecule has 1 aliphatic heterocycles. The van der Waals surface area contributed by atoms with Crippen LogP contribution in [-0.4, -0.2) is 49.8 Å². The third-order valence-electron chi connectivity index (χ3n) is 7.53. The number of ether oxygens (including phenoxy) is 2. The van der Waals surface area contributed by atoms with Crippen LogP contribution in [0, 0.1) is 5.82 Å². The summed E-state index contributed by atoms with van der Waals surface area (Å²) in [5, 5.41) is 12.4. The Balaban J connectivity index is 1.58. The van der Waals surface area contributed by atoms with Gasteiger partial charge in [0, 0.05) is 52.7 Å². The number of halogens is 3. The van der Waals surface area contributed by atoms with Gasteiger partial charge in [-0.15, -0.1) is 0 Å². The highest BCUT2D eigenvalue weighted by Gasteiger charge is 2.54. The van der Waals surface area contributed by atoms with Gasteiger partial charge in [0.25, 0.3) is 5.91 Å². The number of sulfone groups is 1. The lowest BCUT2D eigenvalue weighted by Gasteiger charge is -2.31. The molecule has 0 bridgehead atoms. The molecule has 240 valence electrons. The fourth-order valence-electron chi connectivity index (χ4n) is 5.07. The molecule has 1 heterocycles. The van der Waals surface area contributed by atoms with E-state index in [0.29, 0.717) is 34.9 Å². The topological polar surface area (TPSA) is 114 Å². The van der Waals surface area contributed by atoms with Crippen molar-refractivity contribution in [2.45, 2.75) is 35.9 Å². The zero-order chi connectivity index (χ0) is 32.7. The Labute approximate surface area is 276 Å². The average molecular weight is 686 g/mol. The molecule has 1 aliphatic rings. The third kappa shape index (κ3) is 7.53. The number of aliphatic hydroxyl groups is 1. The first-order chi connectivity index (χ1) is 22.1. The van der Waals surface area contributed by atoms with E-state index < -0.39 is 39.0 Å². The van der Waals surface area contributed by atoms with Crippen LogP contribution in [0.5, 0.6) is 5.75 Å². The zero-order valence-electron chi connectivity index (χ0n) is 24.5. The Kier molecular flexibility index (Phi) is 10.6. The van der Waals surface area contributed by atoms with Crippen LogP contribution in [0.25, 0.3) is 0 Å². The molecule has 1 amide bonds. The summed E-state index contributed by atoms with van der Waals surface area (Å²) < 4.78 is 53.5. The number of carbonyl (C=O) groups is 1. The Morgan fingerprint density at radius 1 is 1.00 bits per heavy atom. The number of nitrogens with one attached hydrogen (secondary N) is 1. The molecule has 5 rings (SSSR count). The van der Waals surface area contributed by atoms with Crippen molar-refractivity contribution in [3.8, 4) is 5.75 Å². The second kappa shape index (κ2) is 14.6. The maximum Gasteiger partial charge on any atom is 0.252 e. The van der Waals surface area contributed by atoms with E-state index in [1.165, 1.54) is 24.3 Å². The first kappa shape index (κ1) is 33.4. The lowest BCUT2D eigenvalue weighted by molar-refractivity contribution is -0.129. The van der Waals surface area contributed by atoms with E-state index in [1.54, 1.807) is 72.8 Å². The van der Waals surface area contributed by atoms with Crippen LogP contribution in [0.3, 0.4) is 0 Å². The summed E-state index contributed by atoms with van der Waals surface area (Å²) in [6.45, 7) is 0.147. The molecule has 2 atom stereocenters. The van der Waals surface area contributed by atoms with Gasteiger partial charge in [0.15, 0.2) is 21.5 Å². The van der Waals surface area contributed by atoms with Gasteiger partial charge in [0.1, 0.15) is 11.6 Å². The van der Waals surface area contributed by atoms with Crippen LogP contribution in [0.1, 0.15) is 35.6 Å². The Bertz CT molecular complexity index is 1820. The smallest absolute Gasteiger partial charge is 0.252 e. The van der Waals surface area contributed by atoms with Crippen molar-refractivity contribution in [3.05, 3.63) is 130 Å². The van der Waals surface area contributed by atoms with Crippen LogP contribution in [0.2, 0.25) is 10.0 Å². The fraction of sp³-hybridized carbons (Fsp3) is 0.235. The minimum Gasteiger partial charge on any atom is -0.494 e. The number of carbonyl (C=O) groups excluding carboxylic acids is 1. The highest BCUT2D eigenvalue weighted by Crippen LogP contribution is 2.45. The predicted octanol–water partition coefficient (Wildman–Crippen LogP) is 6.33. The van der Waals surface area contributed by atoms with Crippen molar-refractivity contribution in [3.63, 3.8) is 0 Å². The molecule has 0 fully saturated rings. The second-order valence-corrected chi connectivity index (χ2v) is 13.6. The van der Waals surface area contributed by atoms with Crippen LogP contribution < -0.4 is 10.1 Å². The van der Waals surface area contributed by atoms with Gasteiger partial charge in [-0.05, 0) is 54.6 Å². The van der Waals surface area contributed by atoms with Crippen molar-refractivity contribution in [1.29, 1.82) is 0 Å². The SMILES string of the molecule is O=C(NCc1ccccc1F)[C@]1(CCS(=O)(=O)c2ccccc2)N=C(c2ccc(OCCCO)cc2)O[C@@H]1c1ccc(Cl)cc1Cl. The van der Waals surface area contributed by atoms with Crippen LogP contribution >= 0.6 is 23.2 Å². The van der Waals surface area contributed by atoms with Gasteiger partial charge in [0.05, 0.1) is 17.3 Å². The van der Waals surface area contributed by atoms with Crippen molar-refractivity contribution in [1.82, 2.24) is 5.32 Å². The quantitative estimate of drug-likeness (QED) is 0.159.